The van der Waals surface area contributed by atoms with Gasteiger partial charge in [0.1, 0.15) is 11.5 Å². The largest absolute Gasteiger partial charge is 0.154 e. The zero-order valence-electron chi connectivity index (χ0n) is 10.0. The predicted molar refractivity (Wildman–Crippen MR) is 69.7 cm³/mol. The summed E-state index contributed by atoms with van der Waals surface area (Å²) in [5, 5.41) is 0. The van der Waals surface area contributed by atoms with Crippen molar-refractivity contribution in [2.45, 2.75) is 43.9 Å². The van der Waals surface area contributed by atoms with Crippen LogP contribution in [0.4, 0.5) is 0 Å². The Bertz CT molecular complexity index is 312. The molecule has 0 radical (unpaired) electrons. The van der Waals surface area contributed by atoms with Crippen LogP contribution in [0, 0.1) is 0 Å². The van der Waals surface area contributed by atoms with Gasteiger partial charge in [-0.05, 0) is 36.0 Å². The molecular formula is C14H21S+. The summed E-state index contributed by atoms with van der Waals surface area (Å²) in [5.41, 5.74) is 1.74. The monoisotopic (exact) mass is 221 g/mol. The van der Waals surface area contributed by atoms with E-state index in [1.165, 1.54) is 29.9 Å². The summed E-state index contributed by atoms with van der Waals surface area (Å²) in [7, 11) is 0.574. The van der Waals surface area contributed by atoms with Gasteiger partial charge in [-0.2, -0.15) is 0 Å². The van der Waals surface area contributed by atoms with Gasteiger partial charge >= 0.3 is 0 Å². The average molecular weight is 221 g/mol. The van der Waals surface area contributed by atoms with E-state index in [2.05, 4.69) is 45.0 Å². The number of hydrogen-bond acceptors (Lipinski definition) is 0. The first-order valence-electron chi connectivity index (χ1n) is 5.85. The van der Waals surface area contributed by atoms with E-state index in [1.807, 2.05) is 0 Å². The SMILES string of the molecule is CC(C)(C)c1ccc([S+]2CCCC2)cc1. The van der Waals surface area contributed by atoms with Crippen LogP contribution in [0.2, 0.25) is 0 Å². The molecule has 0 aromatic heterocycles. The fourth-order valence-corrected chi connectivity index (χ4v) is 4.34. The first-order chi connectivity index (χ1) is 7.07. The number of benzene rings is 1. The lowest BCUT2D eigenvalue weighted by molar-refractivity contribution is 0.589. The Labute approximate surface area is 96.4 Å². The molecule has 0 saturated carbocycles. The lowest BCUT2D eigenvalue weighted by Gasteiger charge is -2.18. The Morgan fingerprint density at radius 3 is 1.93 bits per heavy atom. The molecule has 1 heterocycles. The van der Waals surface area contributed by atoms with Crippen molar-refractivity contribution in [1.29, 1.82) is 0 Å². The van der Waals surface area contributed by atoms with Gasteiger partial charge in [0, 0.05) is 10.9 Å². The minimum Gasteiger partial charge on any atom is -0.0561 e. The highest BCUT2D eigenvalue weighted by atomic mass is 32.2. The van der Waals surface area contributed by atoms with Crippen molar-refractivity contribution < 1.29 is 0 Å². The topological polar surface area (TPSA) is 0 Å². The van der Waals surface area contributed by atoms with E-state index >= 15 is 0 Å². The van der Waals surface area contributed by atoms with E-state index in [4.69, 9.17) is 0 Å². The van der Waals surface area contributed by atoms with Gasteiger partial charge < -0.3 is 0 Å². The fourth-order valence-electron chi connectivity index (χ4n) is 2.04. The van der Waals surface area contributed by atoms with Crippen molar-refractivity contribution in [2.75, 3.05) is 11.5 Å². The van der Waals surface area contributed by atoms with Crippen LogP contribution in [-0.2, 0) is 16.3 Å². The van der Waals surface area contributed by atoms with Crippen molar-refractivity contribution in [3.05, 3.63) is 29.8 Å². The van der Waals surface area contributed by atoms with E-state index in [0.717, 1.165) is 0 Å². The highest BCUT2D eigenvalue weighted by Crippen LogP contribution is 2.27. The maximum atomic E-state index is 2.36. The van der Waals surface area contributed by atoms with Crippen molar-refractivity contribution >= 4 is 10.9 Å². The van der Waals surface area contributed by atoms with E-state index in [-0.39, 0.29) is 5.41 Å². The molecule has 1 fully saturated rings. The molecular weight excluding hydrogens is 200 g/mol. The van der Waals surface area contributed by atoms with E-state index in [9.17, 15) is 0 Å². The molecule has 0 unspecified atom stereocenters. The Hall–Kier alpha value is -0.430. The van der Waals surface area contributed by atoms with Gasteiger partial charge in [-0.1, -0.05) is 32.9 Å². The summed E-state index contributed by atoms with van der Waals surface area (Å²) in [6.07, 6.45) is 2.87. The highest BCUT2D eigenvalue weighted by Gasteiger charge is 2.26. The van der Waals surface area contributed by atoms with Gasteiger partial charge in [0.25, 0.3) is 0 Å². The molecule has 0 bridgehead atoms. The van der Waals surface area contributed by atoms with Gasteiger partial charge in [-0.25, -0.2) is 0 Å². The third-order valence-corrected chi connectivity index (χ3v) is 5.59. The standard InChI is InChI=1S/C14H21S/c1-14(2,3)12-6-8-13(9-7-12)15-10-4-5-11-15/h6-9H,4-5,10-11H2,1-3H3/q+1. The van der Waals surface area contributed by atoms with Crippen LogP contribution in [0.5, 0.6) is 0 Å². The van der Waals surface area contributed by atoms with Crippen molar-refractivity contribution in [3.63, 3.8) is 0 Å². The Morgan fingerprint density at radius 2 is 1.47 bits per heavy atom. The second-order valence-electron chi connectivity index (χ2n) is 5.38. The summed E-state index contributed by atoms with van der Waals surface area (Å²) in [6, 6.07) is 9.35. The second kappa shape index (κ2) is 4.21. The van der Waals surface area contributed by atoms with Crippen LogP contribution < -0.4 is 0 Å². The van der Waals surface area contributed by atoms with E-state index in [0.29, 0.717) is 10.9 Å². The summed E-state index contributed by atoms with van der Waals surface area (Å²) in [5.74, 6) is 2.85. The maximum absolute atomic E-state index is 2.36. The fraction of sp³-hybridized carbons (Fsp3) is 0.571. The summed E-state index contributed by atoms with van der Waals surface area (Å²) in [4.78, 5) is 1.58. The molecule has 0 amide bonds. The van der Waals surface area contributed by atoms with Crippen LogP contribution >= 0.6 is 0 Å². The van der Waals surface area contributed by atoms with Crippen LogP contribution in [0.3, 0.4) is 0 Å². The summed E-state index contributed by atoms with van der Waals surface area (Å²) < 4.78 is 0. The zero-order chi connectivity index (χ0) is 10.9. The molecule has 1 aliphatic rings. The third-order valence-electron chi connectivity index (χ3n) is 3.09. The molecule has 0 aliphatic carbocycles. The van der Waals surface area contributed by atoms with Gasteiger partial charge in [0.2, 0.25) is 0 Å². The van der Waals surface area contributed by atoms with Crippen molar-refractivity contribution in [1.82, 2.24) is 0 Å². The maximum Gasteiger partial charge on any atom is 0.154 e. The van der Waals surface area contributed by atoms with Gasteiger partial charge in [0.15, 0.2) is 4.90 Å². The second-order valence-corrected chi connectivity index (χ2v) is 7.66. The van der Waals surface area contributed by atoms with E-state index < -0.39 is 0 Å². The molecule has 0 N–H and O–H groups in total. The number of rotatable bonds is 1. The molecule has 1 aromatic carbocycles. The van der Waals surface area contributed by atoms with Gasteiger partial charge in [0.05, 0.1) is 0 Å². The zero-order valence-corrected chi connectivity index (χ0v) is 10.9. The normalized spacial score (nSPS) is 18.3. The number of hydrogen-bond donors (Lipinski definition) is 0. The first-order valence-corrected chi connectivity index (χ1v) is 7.42. The van der Waals surface area contributed by atoms with Crippen LogP contribution in [-0.4, -0.2) is 11.5 Å². The summed E-state index contributed by atoms with van der Waals surface area (Å²) >= 11 is 0. The lowest BCUT2D eigenvalue weighted by atomic mass is 9.87. The third kappa shape index (κ3) is 2.57. The first kappa shape index (κ1) is 11.1. The smallest absolute Gasteiger partial charge is 0.0561 e. The highest BCUT2D eigenvalue weighted by molar-refractivity contribution is 7.97. The van der Waals surface area contributed by atoms with Gasteiger partial charge in [-0.15, -0.1) is 0 Å². The Morgan fingerprint density at radius 1 is 0.933 bits per heavy atom. The average Bonchev–Trinajstić information content (AvgIpc) is 2.69. The van der Waals surface area contributed by atoms with Crippen LogP contribution in [0.15, 0.2) is 29.2 Å². The van der Waals surface area contributed by atoms with Gasteiger partial charge in [-0.3, -0.25) is 0 Å². The molecule has 1 heteroatoms. The minimum atomic E-state index is 0.289. The van der Waals surface area contributed by atoms with Crippen LogP contribution in [0.25, 0.3) is 0 Å². The molecule has 0 nitrogen and oxygen atoms in total. The van der Waals surface area contributed by atoms with E-state index in [1.54, 1.807) is 4.90 Å². The molecule has 0 spiro atoms. The Kier molecular flexibility index (Phi) is 3.11. The Balaban J connectivity index is 2.16. The molecule has 2 rings (SSSR count). The lowest BCUT2D eigenvalue weighted by Crippen LogP contribution is -2.11. The van der Waals surface area contributed by atoms with Crippen LogP contribution in [0.1, 0.15) is 39.2 Å². The predicted octanol–water partition coefficient (Wildman–Crippen LogP) is 3.76. The molecule has 1 aliphatic heterocycles. The van der Waals surface area contributed by atoms with Crippen molar-refractivity contribution in [3.8, 4) is 0 Å². The molecule has 1 saturated heterocycles. The minimum absolute atomic E-state index is 0.289. The molecule has 0 atom stereocenters. The quantitative estimate of drug-likeness (QED) is 0.634. The summed E-state index contributed by atoms with van der Waals surface area (Å²) in [6.45, 7) is 6.83. The molecule has 1 aromatic rings. The van der Waals surface area contributed by atoms with Crippen molar-refractivity contribution in [2.24, 2.45) is 0 Å². The molecule has 82 valence electrons. The molecule has 15 heavy (non-hydrogen) atoms.